The number of methoxy groups -OCH3 is 1. The van der Waals surface area contributed by atoms with Gasteiger partial charge in [0.05, 0.1) is 18.1 Å². The Morgan fingerprint density at radius 2 is 2.13 bits per heavy atom. The summed E-state index contributed by atoms with van der Waals surface area (Å²) in [4.78, 5) is 9.84. The van der Waals surface area contributed by atoms with Gasteiger partial charge in [0.15, 0.2) is 5.75 Å². The molecule has 6 nitrogen and oxygen atoms in total. The molecule has 15 heavy (non-hydrogen) atoms. The molecule has 0 heterocycles. The molecular weight excluding hydrogens is 202 g/mol. The lowest BCUT2D eigenvalue weighted by Gasteiger charge is -2.09. The monoisotopic (exact) mass is 213 g/mol. The quantitative estimate of drug-likeness (QED) is 0.584. The van der Waals surface area contributed by atoms with Gasteiger partial charge in [0.25, 0.3) is 0 Å². The predicted octanol–water partition coefficient (Wildman–Crippen LogP) is 1.36. The standard InChI is InChI=1S/C9H11NO5/c1-5(11)6-3-7(10(13)14)9(12)8(4-6)15-2/h3-5,11-12H,1-2H3/t5-/m1/s1. The first kappa shape index (κ1) is 11.3. The van der Waals surface area contributed by atoms with Crippen molar-refractivity contribution in [1.82, 2.24) is 0 Å². The number of hydrogen-bond acceptors (Lipinski definition) is 5. The van der Waals surface area contributed by atoms with Gasteiger partial charge in [-0.3, -0.25) is 10.1 Å². The Kier molecular flexibility index (Phi) is 3.11. The first-order valence-corrected chi connectivity index (χ1v) is 4.20. The fraction of sp³-hybridized carbons (Fsp3) is 0.333. The number of hydrogen-bond donors (Lipinski definition) is 2. The van der Waals surface area contributed by atoms with E-state index in [9.17, 15) is 20.3 Å². The molecule has 1 aromatic carbocycles. The molecular formula is C9H11NO5. The van der Waals surface area contributed by atoms with Crippen LogP contribution in [0.15, 0.2) is 12.1 Å². The normalized spacial score (nSPS) is 12.2. The van der Waals surface area contributed by atoms with Crippen LogP contribution in [0.3, 0.4) is 0 Å². The molecule has 0 saturated carbocycles. The summed E-state index contributed by atoms with van der Waals surface area (Å²) in [7, 11) is 1.28. The van der Waals surface area contributed by atoms with E-state index >= 15 is 0 Å². The summed E-state index contributed by atoms with van der Waals surface area (Å²) >= 11 is 0. The van der Waals surface area contributed by atoms with Crippen molar-refractivity contribution in [3.63, 3.8) is 0 Å². The summed E-state index contributed by atoms with van der Waals surface area (Å²) in [6, 6.07) is 2.47. The zero-order valence-corrected chi connectivity index (χ0v) is 8.30. The first-order chi connectivity index (χ1) is 6.97. The lowest BCUT2D eigenvalue weighted by atomic mass is 10.1. The SMILES string of the molecule is COc1cc([C@@H](C)O)cc([N+](=O)[O-])c1O. The summed E-state index contributed by atoms with van der Waals surface area (Å²) < 4.78 is 4.76. The summed E-state index contributed by atoms with van der Waals surface area (Å²) in [5, 5.41) is 29.3. The van der Waals surface area contributed by atoms with Gasteiger partial charge in [0.2, 0.25) is 5.75 Å². The molecule has 0 spiro atoms. The van der Waals surface area contributed by atoms with E-state index in [0.717, 1.165) is 6.07 Å². The van der Waals surface area contributed by atoms with E-state index in [1.165, 1.54) is 20.1 Å². The van der Waals surface area contributed by atoms with Crippen molar-refractivity contribution < 1.29 is 19.9 Å². The molecule has 0 aromatic heterocycles. The second-order valence-corrected chi connectivity index (χ2v) is 3.02. The largest absolute Gasteiger partial charge is 0.500 e. The predicted molar refractivity (Wildman–Crippen MR) is 51.9 cm³/mol. The molecule has 0 unspecified atom stereocenters. The maximum absolute atomic E-state index is 10.6. The third-order valence-electron chi connectivity index (χ3n) is 1.98. The third kappa shape index (κ3) is 2.16. The van der Waals surface area contributed by atoms with Crippen LogP contribution < -0.4 is 4.74 Å². The summed E-state index contributed by atoms with van der Waals surface area (Å²) in [6.07, 6.45) is -0.863. The molecule has 1 aromatic rings. The van der Waals surface area contributed by atoms with Crippen molar-refractivity contribution in [3.8, 4) is 11.5 Å². The Labute approximate surface area is 85.9 Å². The van der Waals surface area contributed by atoms with Gasteiger partial charge in [-0.05, 0) is 18.6 Å². The highest BCUT2D eigenvalue weighted by atomic mass is 16.6. The fourth-order valence-corrected chi connectivity index (χ4v) is 1.15. The molecule has 0 radical (unpaired) electrons. The van der Waals surface area contributed by atoms with Crippen molar-refractivity contribution in [2.75, 3.05) is 7.11 Å². The Bertz CT molecular complexity index is 388. The van der Waals surface area contributed by atoms with Gasteiger partial charge in [0.1, 0.15) is 0 Å². The zero-order valence-electron chi connectivity index (χ0n) is 8.30. The van der Waals surface area contributed by atoms with Crippen LogP contribution in [0.5, 0.6) is 11.5 Å². The average molecular weight is 213 g/mol. The van der Waals surface area contributed by atoms with Gasteiger partial charge in [-0.2, -0.15) is 0 Å². The Morgan fingerprint density at radius 3 is 2.53 bits per heavy atom. The minimum absolute atomic E-state index is 0.0277. The Morgan fingerprint density at radius 1 is 1.53 bits per heavy atom. The van der Waals surface area contributed by atoms with Gasteiger partial charge in [-0.1, -0.05) is 0 Å². The Hall–Kier alpha value is -1.82. The van der Waals surface area contributed by atoms with Crippen LogP contribution in [0, 0.1) is 10.1 Å². The number of aromatic hydroxyl groups is 1. The number of rotatable bonds is 3. The summed E-state index contributed by atoms with van der Waals surface area (Å²) in [5.74, 6) is -0.563. The number of aliphatic hydroxyl groups excluding tert-OH is 1. The molecule has 0 bridgehead atoms. The number of aliphatic hydroxyl groups is 1. The van der Waals surface area contributed by atoms with Crippen LogP contribution in [0.4, 0.5) is 5.69 Å². The van der Waals surface area contributed by atoms with E-state index in [1.807, 2.05) is 0 Å². The smallest absolute Gasteiger partial charge is 0.315 e. The molecule has 0 saturated heterocycles. The van der Waals surface area contributed by atoms with Crippen molar-refractivity contribution in [2.24, 2.45) is 0 Å². The zero-order chi connectivity index (χ0) is 11.6. The minimum Gasteiger partial charge on any atom is -0.500 e. The number of benzene rings is 1. The summed E-state index contributed by atoms with van der Waals surface area (Å²) in [5.41, 5.74) is -0.165. The van der Waals surface area contributed by atoms with Gasteiger partial charge in [-0.15, -0.1) is 0 Å². The molecule has 6 heteroatoms. The van der Waals surface area contributed by atoms with Crippen molar-refractivity contribution >= 4 is 5.69 Å². The molecule has 82 valence electrons. The van der Waals surface area contributed by atoms with Crippen LogP contribution in [-0.2, 0) is 0 Å². The van der Waals surface area contributed by atoms with E-state index in [4.69, 9.17) is 4.74 Å². The average Bonchev–Trinajstić information content (AvgIpc) is 2.17. The first-order valence-electron chi connectivity index (χ1n) is 4.20. The number of ether oxygens (including phenoxy) is 1. The minimum atomic E-state index is -0.863. The molecule has 2 N–H and O–H groups in total. The van der Waals surface area contributed by atoms with E-state index in [2.05, 4.69) is 0 Å². The fourth-order valence-electron chi connectivity index (χ4n) is 1.15. The topological polar surface area (TPSA) is 92.8 Å². The maximum Gasteiger partial charge on any atom is 0.315 e. The molecule has 1 atom stereocenters. The molecule has 0 aliphatic carbocycles. The highest BCUT2D eigenvalue weighted by Crippen LogP contribution is 2.38. The van der Waals surface area contributed by atoms with E-state index in [0.29, 0.717) is 5.56 Å². The number of phenols is 1. The number of phenolic OH excluding ortho intramolecular Hbond substituents is 1. The molecule has 0 amide bonds. The lowest BCUT2D eigenvalue weighted by molar-refractivity contribution is -0.386. The third-order valence-corrected chi connectivity index (χ3v) is 1.98. The number of nitro groups is 1. The maximum atomic E-state index is 10.6. The number of nitro benzene ring substituents is 1. The van der Waals surface area contributed by atoms with Crippen LogP contribution in [0.2, 0.25) is 0 Å². The van der Waals surface area contributed by atoms with E-state index in [1.54, 1.807) is 0 Å². The van der Waals surface area contributed by atoms with Gasteiger partial charge < -0.3 is 14.9 Å². The van der Waals surface area contributed by atoms with Gasteiger partial charge >= 0.3 is 5.69 Å². The van der Waals surface area contributed by atoms with Crippen LogP contribution >= 0.6 is 0 Å². The van der Waals surface area contributed by atoms with Gasteiger partial charge in [-0.25, -0.2) is 0 Å². The van der Waals surface area contributed by atoms with Crippen LogP contribution in [0.25, 0.3) is 0 Å². The van der Waals surface area contributed by atoms with Crippen molar-refractivity contribution in [1.29, 1.82) is 0 Å². The molecule has 1 rings (SSSR count). The molecule has 0 fully saturated rings. The Balaban J connectivity index is 3.38. The van der Waals surface area contributed by atoms with E-state index in [-0.39, 0.29) is 5.75 Å². The molecule has 0 aliphatic heterocycles. The second kappa shape index (κ2) is 4.14. The second-order valence-electron chi connectivity index (χ2n) is 3.02. The number of nitrogens with zero attached hydrogens (tertiary/aromatic N) is 1. The van der Waals surface area contributed by atoms with Crippen LogP contribution in [0.1, 0.15) is 18.6 Å². The van der Waals surface area contributed by atoms with Gasteiger partial charge in [0, 0.05) is 6.07 Å². The van der Waals surface area contributed by atoms with Crippen molar-refractivity contribution in [3.05, 3.63) is 27.8 Å². The van der Waals surface area contributed by atoms with Crippen LogP contribution in [-0.4, -0.2) is 22.2 Å². The molecule has 0 aliphatic rings. The highest BCUT2D eigenvalue weighted by Gasteiger charge is 2.20. The highest BCUT2D eigenvalue weighted by molar-refractivity contribution is 5.57. The summed E-state index contributed by atoms with van der Waals surface area (Å²) in [6.45, 7) is 1.47. The lowest BCUT2D eigenvalue weighted by Crippen LogP contribution is -1.97. The van der Waals surface area contributed by atoms with Crippen molar-refractivity contribution in [2.45, 2.75) is 13.0 Å². The van der Waals surface area contributed by atoms with E-state index < -0.39 is 22.5 Å².